The predicted molar refractivity (Wildman–Crippen MR) is 47.2 cm³/mol. The van der Waals surface area contributed by atoms with Crippen LogP contribution in [0, 0.1) is 0 Å². The largest absolute Gasteiger partial charge is 0.525 e. The number of alkyl halides is 10. The Hall–Kier alpha value is -1.39. The summed E-state index contributed by atoms with van der Waals surface area (Å²) in [6, 6.07) is -2.96. The van der Waals surface area contributed by atoms with Gasteiger partial charge >= 0.3 is 39.7 Å². The van der Waals surface area contributed by atoms with Gasteiger partial charge in [0.25, 0.3) is 6.01 Å². The van der Waals surface area contributed by atoms with Crippen LogP contribution in [0.15, 0.2) is 12.6 Å². The Kier molecular flexibility index (Phi) is 5.51. The molecule has 0 aromatic carbocycles. The van der Waals surface area contributed by atoms with Crippen molar-refractivity contribution in [1.82, 2.24) is 0 Å². The summed E-state index contributed by atoms with van der Waals surface area (Å²) in [6.45, 7) is 1.75. The third kappa shape index (κ3) is 3.81. The molecule has 0 aliphatic rings. The summed E-state index contributed by atoms with van der Waals surface area (Å²) in [5.41, 5.74) is 0. The van der Waals surface area contributed by atoms with E-state index in [1.165, 1.54) is 4.74 Å². The van der Waals surface area contributed by atoms with E-state index in [9.17, 15) is 60.6 Å². The lowest BCUT2D eigenvalue weighted by Gasteiger charge is -2.38. The molecule has 0 aliphatic heterocycles. The molecule has 0 aromatic rings. The minimum Gasteiger partial charge on any atom is -0.402 e. The van der Waals surface area contributed by atoms with Crippen LogP contribution in [0.3, 0.4) is 0 Å². The van der Waals surface area contributed by atoms with Gasteiger partial charge in [-0.1, -0.05) is 3.89 Å². The molecule has 1 atom stereocenters. The van der Waals surface area contributed by atoms with Gasteiger partial charge < -0.3 is 4.74 Å². The van der Waals surface area contributed by atoms with Crippen molar-refractivity contribution >= 4 is 10.2 Å². The van der Waals surface area contributed by atoms with Gasteiger partial charge in [0.2, 0.25) is 0 Å². The fourth-order valence-corrected chi connectivity index (χ4v) is 1.45. The zero-order chi connectivity index (χ0) is 20.0. The van der Waals surface area contributed by atoms with E-state index in [0.29, 0.717) is 0 Å². The van der Waals surface area contributed by atoms with Crippen LogP contribution in [-0.2, 0) is 19.7 Å². The lowest BCUT2D eigenvalue weighted by molar-refractivity contribution is -0.511. The quantitative estimate of drug-likeness (QED) is 0.365. The molecule has 0 rings (SSSR count). The number of hydrogen-bond acceptors (Lipinski definition) is 4. The lowest BCUT2D eigenvalue weighted by Crippen LogP contribution is -2.68. The minimum atomic E-state index is -7.96. The van der Waals surface area contributed by atoms with Crippen molar-refractivity contribution in [3.63, 3.8) is 0 Å². The fraction of sp³-hybridized carbons (Fsp3) is 0.714. The lowest BCUT2D eigenvalue weighted by atomic mass is 10.1. The second-order valence-electron chi connectivity index (χ2n) is 3.65. The summed E-state index contributed by atoms with van der Waals surface area (Å²) in [6.07, 6.45) is -13.8. The first kappa shape index (κ1) is 22.6. The Bertz CT molecular complexity index is 595. The average molecular weight is 410 g/mol. The topological polar surface area (TPSA) is 52.6 Å². The monoisotopic (exact) mass is 410 g/mol. The molecule has 0 N–H and O–H groups in total. The second-order valence-corrected chi connectivity index (χ2v) is 5.03. The Labute approximate surface area is 123 Å². The van der Waals surface area contributed by atoms with Gasteiger partial charge in [0.1, 0.15) is 0 Å². The van der Waals surface area contributed by atoms with Gasteiger partial charge in [-0.25, -0.2) is 4.74 Å². The minimum absolute atomic E-state index is 1.53. The van der Waals surface area contributed by atoms with Crippen LogP contribution in [0.25, 0.3) is 0 Å². The van der Waals surface area contributed by atoms with E-state index in [2.05, 4.69) is 4.74 Å². The maximum absolute atomic E-state index is 13.5. The van der Waals surface area contributed by atoms with Crippen LogP contribution >= 0.6 is 0 Å². The maximum atomic E-state index is 13.5. The summed E-state index contributed by atoms with van der Waals surface area (Å²) >= 11 is 0. The highest BCUT2D eigenvalue weighted by atomic mass is 32.3. The molecule has 0 saturated heterocycles. The summed E-state index contributed by atoms with van der Waals surface area (Å²) in [5, 5.41) is -7.51. The molecule has 0 aliphatic carbocycles. The first-order valence-corrected chi connectivity index (χ1v) is 6.07. The zero-order valence-corrected chi connectivity index (χ0v) is 11.1. The molecular weight excluding hydrogens is 408 g/mol. The Balaban J connectivity index is 6.59. The third-order valence-electron chi connectivity index (χ3n) is 1.95. The summed E-state index contributed by atoms with van der Waals surface area (Å²) in [7, 11) is -7.96. The van der Waals surface area contributed by atoms with Gasteiger partial charge in [0, 0.05) is 0 Å². The SMILES string of the molecule is C=C(F)OC(F)(F)C(F)(OC(F)(F)F)C(F)(F)C(F)(F)S(=O)(=O)F. The van der Waals surface area contributed by atoms with E-state index in [0.717, 1.165) is 0 Å². The number of hydrogen-bond donors (Lipinski definition) is 0. The molecule has 0 radical (unpaired) electrons. The molecule has 0 heterocycles. The number of rotatable bonds is 7. The normalized spacial score (nSPS) is 17.3. The second kappa shape index (κ2) is 5.85. The van der Waals surface area contributed by atoms with Crippen LogP contribution < -0.4 is 0 Å². The van der Waals surface area contributed by atoms with E-state index in [1.54, 1.807) is 6.58 Å². The Morgan fingerprint density at radius 2 is 1.25 bits per heavy atom. The number of ether oxygens (including phenoxy) is 2. The molecule has 0 saturated carbocycles. The molecule has 0 aromatic heterocycles. The van der Waals surface area contributed by atoms with Crippen molar-refractivity contribution in [1.29, 1.82) is 0 Å². The molecule has 1 unspecified atom stereocenters. The smallest absolute Gasteiger partial charge is 0.402 e. The van der Waals surface area contributed by atoms with Gasteiger partial charge in [-0.3, -0.25) is 0 Å². The van der Waals surface area contributed by atoms with E-state index in [1.807, 2.05) is 0 Å². The van der Waals surface area contributed by atoms with Crippen LogP contribution in [0.4, 0.5) is 52.2 Å². The molecule has 17 heteroatoms. The van der Waals surface area contributed by atoms with Crippen molar-refractivity contribution in [2.75, 3.05) is 0 Å². The molecule has 4 nitrogen and oxygen atoms in total. The molecule has 0 bridgehead atoms. The van der Waals surface area contributed by atoms with Crippen molar-refractivity contribution in [2.45, 2.75) is 29.5 Å². The highest BCUT2D eigenvalue weighted by molar-refractivity contribution is 7.87. The zero-order valence-electron chi connectivity index (χ0n) is 10.3. The molecule has 0 fully saturated rings. The first-order valence-electron chi connectivity index (χ1n) is 4.69. The summed E-state index contributed by atoms with van der Waals surface area (Å²) in [5.74, 6) is -15.2. The molecule has 0 amide bonds. The highest BCUT2D eigenvalue weighted by Gasteiger charge is 2.88. The Morgan fingerprint density at radius 1 is 0.875 bits per heavy atom. The first-order chi connectivity index (χ1) is 10.1. The van der Waals surface area contributed by atoms with Crippen LogP contribution in [-0.4, -0.2) is 37.9 Å². The van der Waals surface area contributed by atoms with Crippen LogP contribution in [0.1, 0.15) is 0 Å². The highest BCUT2D eigenvalue weighted by Crippen LogP contribution is 2.56. The van der Waals surface area contributed by atoms with E-state index in [-0.39, 0.29) is 0 Å². The maximum Gasteiger partial charge on any atom is 0.525 e. The number of halogens is 12. The van der Waals surface area contributed by atoms with Crippen molar-refractivity contribution in [2.24, 2.45) is 0 Å². The van der Waals surface area contributed by atoms with E-state index in [4.69, 9.17) is 0 Å². The third-order valence-corrected chi connectivity index (χ3v) is 2.81. The average Bonchev–Trinajstić information content (AvgIpc) is 2.22. The van der Waals surface area contributed by atoms with Crippen LogP contribution in [0.5, 0.6) is 0 Å². The van der Waals surface area contributed by atoms with E-state index >= 15 is 0 Å². The van der Waals surface area contributed by atoms with Gasteiger partial charge in [0.05, 0.1) is 0 Å². The summed E-state index contributed by atoms with van der Waals surface area (Å²) < 4.78 is 175. The predicted octanol–water partition coefficient (Wildman–Crippen LogP) is 3.77. The van der Waals surface area contributed by atoms with Crippen molar-refractivity contribution in [3.05, 3.63) is 12.6 Å². The molecule has 144 valence electrons. The fourth-order valence-electron chi connectivity index (χ4n) is 1.01. The van der Waals surface area contributed by atoms with Gasteiger partial charge in [0.15, 0.2) is 0 Å². The molecular formula is C7H2F12O4S. The summed E-state index contributed by atoms with van der Waals surface area (Å²) in [4.78, 5) is 0. The Morgan fingerprint density at radius 3 is 1.50 bits per heavy atom. The standard InChI is InChI=1S/C7H2F12O4S/c1-2(8)22-5(12,13)4(11,23-7(16,17)18)3(9,10)6(14,15)24(19,20)21/h1H2. The van der Waals surface area contributed by atoms with Crippen molar-refractivity contribution < 1.29 is 70.1 Å². The van der Waals surface area contributed by atoms with Gasteiger partial charge in [-0.15, -0.1) is 13.2 Å². The van der Waals surface area contributed by atoms with Crippen molar-refractivity contribution in [3.8, 4) is 0 Å². The van der Waals surface area contributed by atoms with Crippen LogP contribution in [0.2, 0.25) is 0 Å². The molecule has 0 spiro atoms. The van der Waals surface area contributed by atoms with Gasteiger partial charge in [-0.2, -0.15) is 43.5 Å². The van der Waals surface area contributed by atoms with Gasteiger partial charge in [-0.05, 0) is 6.58 Å². The molecule has 24 heavy (non-hydrogen) atoms. The van der Waals surface area contributed by atoms with E-state index < -0.39 is 45.7 Å².